The van der Waals surface area contributed by atoms with Crippen molar-refractivity contribution < 1.29 is 17.8 Å². The lowest BCUT2D eigenvalue weighted by molar-refractivity contribution is -0.384. The van der Waals surface area contributed by atoms with Gasteiger partial charge in [-0.1, -0.05) is 12.1 Å². The van der Waals surface area contributed by atoms with Crippen LogP contribution in [0.1, 0.15) is 0 Å². The molecule has 10 heteroatoms. The molecule has 2 aromatic carbocycles. The van der Waals surface area contributed by atoms with E-state index in [0.29, 0.717) is 11.1 Å². The Kier molecular flexibility index (Phi) is 3.83. The highest BCUT2D eigenvalue weighted by Crippen LogP contribution is 2.27. The van der Waals surface area contributed by atoms with Gasteiger partial charge in [-0.05, 0) is 24.3 Å². The third-order valence-electron chi connectivity index (χ3n) is 3.14. The van der Waals surface area contributed by atoms with E-state index < -0.39 is 14.9 Å². The van der Waals surface area contributed by atoms with E-state index in [1.54, 1.807) is 12.1 Å². The Hall–Kier alpha value is -3.11. The number of nitro benzene ring substituents is 1. The second-order valence-corrected chi connectivity index (χ2v) is 6.35. The number of aromatic nitrogens is 2. The molecule has 1 aromatic heterocycles. The van der Waals surface area contributed by atoms with Crippen molar-refractivity contribution in [1.82, 2.24) is 10.2 Å². The number of primary sulfonamides is 1. The SMILES string of the molecule is NS(=O)(=O)c1cccc(-c2nnc(-c3cccc([N+](=O)[O-])c3)o2)c1. The molecular formula is C14H10N4O5S. The summed E-state index contributed by atoms with van der Waals surface area (Å²) in [4.78, 5) is 10.2. The Morgan fingerprint density at radius 3 is 2.17 bits per heavy atom. The van der Waals surface area contributed by atoms with Crippen LogP contribution in [0.5, 0.6) is 0 Å². The maximum atomic E-state index is 11.4. The smallest absolute Gasteiger partial charge is 0.270 e. The van der Waals surface area contributed by atoms with E-state index in [4.69, 9.17) is 9.56 Å². The van der Waals surface area contributed by atoms with Gasteiger partial charge < -0.3 is 4.42 Å². The van der Waals surface area contributed by atoms with Crippen molar-refractivity contribution in [3.63, 3.8) is 0 Å². The Morgan fingerprint density at radius 1 is 1.00 bits per heavy atom. The molecule has 0 saturated heterocycles. The molecule has 0 radical (unpaired) electrons. The molecule has 0 aliphatic carbocycles. The Labute approximate surface area is 136 Å². The highest BCUT2D eigenvalue weighted by Gasteiger charge is 2.15. The van der Waals surface area contributed by atoms with Crippen LogP contribution in [0.3, 0.4) is 0 Å². The van der Waals surface area contributed by atoms with E-state index >= 15 is 0 Å². The summed E-state index contributed by atoms with van der Waals surface area (Å²) in [6.45, 7) is 0. The Balaban J connectivity index is 2.00. The van der Waals surface area contributed by atoms with Crippen molar-refractivity contribution in [2.24, 2.45) is 5.14 Å². The summed E-state index contributed by atoms with van der Waals surface area (Å²) in [5, 5.41) is 23.6. The molecule has 0 fully saturated rings. The average Bonchev–Trinajstić information content (AvgIpc) is 3.04. The van der Waals surface area contributed by atoms with Gasteiger partial charge in [0.15, 0.2) is 0 Å². The lowest BCUT2D eigenvalue weighted by Gasteiger charge is -1.99. The molecule has 2 N–H and O–H groups in total. The molecule has 0 aliphatic rings. The summed E-state index contributed by atoms with van der Waals surface area (Å²) < 4.78 is 28.3. The first-order valence-corrected chi connectivity index (χ1v) is 8.11. The number of rotatable bonds is 4. The van der Waals surface area contributed by atoms with Crippen molar-refractivity contribution in [1.29, 1.82) is 0 Å². The summed E-state index contributed by atoms with van der Waals surface area (Å²) in [6, 6.07) is 11.5. The molecule has 0 bridgehead atoms. The van der Waals surface area contributed by atoms with Crippen LogP contribution in [0, 0.1) is 10.1 Å². The van der Waals surface area contributed by atoms with E-state index in [-0.39, 0.29) is 22.4 Å². The van der Waals surface area contributed by atoms with Gasteiger partial charge in [0.1, 0.15) is 0 Å². The topological polar surface area (TPSA) is 142 Å². The highest BCUT2D eigenvalue weighted by molar-refractivity contribution is 7.89. The monoisotopic (exact) mass is 346 g/mol. The van der Waals surface area contributed by atoms with Crippen molar-refractivity contribution in [2.45, 2.75) is 4.90 Å². The molecule has 0 spiro atoms. The number of hydrogen-bond acceptors (Lipinski definition) is 7. The summed E-state index contributed by atoms with van der Waals surface area (Å²) >= 11 is 0. The lowest BCUT2D eigenvalue weighted by atomic mass is 10.2. The third kappa shape index (κ3) is 3.14. The zero-order valence-corrected chi connectivity index (χ0v) is 12.8. The first-order chi connectivity index (χ1) is 11.3. The van der Waals surface area contributed by atoms with Gasteiger partial charge in [-0.2, -0.15) is 0 Å². The van der Waals surface area contributed by atoms with E-state index in [1.807, 2.05) is 0 Å². The second-order valence-electron chi connectivity index (χ2n) is 4.79. The standard InChI is InChI=1S/C14H10N4O5S/c15-24(21,22)12-6-2-4-10(8-12)14-17-16-13(23-14)9-3-1-5-11(7-9)18(19)20/h1-8H,(H2,15,21,22). The Morgan fingerprint density at radius 2 is 1.58 bits per heavy atom. The Bertz CT molecular complexity index is 1030. The van der Waals surface area contributed by atoms with Crippen LogP contribution in [-0.2, 0) is 10.0 Å². The molecule has 122 valence electrons. The summed E-state index contributed by atoms with van der Waals surface area (Å²) in [5.74, 6) is 0.150. The van der Waals surface area contributed by atoms with Gasteiger partial charge in [-0.3, -0.25) is 10.1 Å². The lowest BCUT2D eigenvalue weighted by Crippen LogP contribution is -2.11. The van der Waals surface area contributed by atoms with E-state index in [2.05, 4.69) is 10.2 Å². The molecule has 9 nitrogen and oxygen atoms in total. The van der Waals surface area contributed by atoms with Gasteiger partial charge in [-0.25, -0.2) is 13.6 Å². The molecule has 0 aliphatic heterocycles. The minimum atomic E-state index is -3.86. The van der Waals surface area contributed by atoms with Crippen molar-refractivity contribution in [2.75, 3.05) is 0 Å². The first-order valence-electron chi connectivity index (χ1n) is 6.56. The predicted octanol–water partition coefficient (Wildman–Crippen LogP) is 1.96. The molecule has 0 atom stereocenters. The first kappa shape index (κ1) is 15.8. The van der Waals surface area contributed by atoms with Crippen LogP contribution in [0.15, 0.2) is 57.8 Å². The zero-order chi connectivity index (χ0) is 17.3. The summed E-state index contributed by atoms with van der Waals surface area (Å²) in [5.41, 5.74) is 0.639. The maximum Gasteiger partial charge on any atom is 0.270 e. The maximum absolute atomic E-state index is 11.4. The summed E-state index contributed by atoms with van der Waals surface area (Å²) in [7, 11) is -3.86. The van der Waals surface area contributed by atoms with Crippen LogP contribution in [0.25, 0.3) is 22.9 Å². The van der Waals surface area contributed by atoms with Crippen LogP contribution in [0.2, 0.25) is 0 Å². The van der Waals surface area contributed by atoms with Crippen molar-refractivity contribution in [3.05, 3.63) is 58.6 Å². The van der Waals surface area contributed by atoms with Crippen LogP contribution < -0.4 is 5.14 Å². The highest BCUT2D eigenvalue weighted by atomic mass is 32.2. The molecule has 0 saturated carbocycles. The predicted molar refractivity (Wildman–Crippen MR) is 83.2 cm³/mol. The zero-order valence-electron chi connectivity index (χ0n) is 12.0. The minimum Gasteiger partial charge on any atom is -0.416 e. The van der Waals surface area contributed by atoms with Gasteiger partial charge in [0.05, 0.1) is 9.82 Å². The van der Waals surface area contributed by atoms with Crippen molar-refractivity contribution in [3.8, 4) is 22.9 Å². The number of nitro groups is 1. The molecule has 0 unspecified atom stereocenters. The van der Waals surface area contributed by atoms with Crippen LogP contribution >= 0.6 is 0 Å². The summed E-state index contributed by atoms with van der Waals surface area (Å²) in [6.07, 6.45) is 0. The molecule has 3 rings (SSSR count). The molecule has 1 heterocycles. The molecule has 24 heavy (non-hydrogen) atoms. The van der Waals surface area contributed by atoms with E-state index in [1.165, 1.54) is 36.4 Å². The molecular weight excluding hydrogens is 336 g/mol. The fourth-order valence-electron chi connectivity index (χ4n) is 2.02. The fraction of sp³-hybridized carbons (Fsp3) is 0. The fourth-order valence-corrected chi connectivity index (χ4v) is 2.57. The van der Waals surface area contributed by atoms with Crippen molar-refractivity contribution >= 4 is 15.7 Å². The number of benzene rings is 2. The van der Waals surface area contributed by atoms with Gasteiger partial charge in [-0.15, -0.1) is 10.2 Å². The van der Waals surface area contributed by atoms with Crippen LogP contribution in [-0.4, -0.2) is 23.5 Å². The number of non-ortho nitro benzene ring substituents is 1. The molecule has 0 amide bonds. The molecule has 3 aromatic rings. The number of hydrogen-bond donors (Lipinski definition) is 1. The second kappa shape index (κ2) is 5.83. The largest absolute Gasteiger partial charge is 0.416 e. The number of nitrogens with zero attached hydrogens (tertiary/aromatic N) is 3. The van der Waals surface area contributed by atoms with Gasteiger partial charge in [0.25, 0.3) is 5.69 Å². The number of sulfonamides is 1. The van der Waals surface area contributed by atoms with Crippen LogP contribution in [0.4, 0.5) is 5.69 Å². The van der Waals surface area contributed by atoms with Gasteiger partial charge in [0, 0.05) is 23.3 Å². The minimum absolute atomic E-state index is 0.0713. The van der Waals surface area contributed by atoms with Gasteiger partial charge >= 0.3 is 0 Å². The number of nitrogens with two attached hydrogens (primary N) is 1. The third-order valence-corrected chi connectivity index (χ3v) is 4.05. The quantitative estimate of drug-likeness (QED) is 0.562. The van der Waals surface area contributed by atoms with E-state index in [9.17, 15) is 18.5 Å². The van der Waals surface area contributed by atoms with Gasteiger partial charge in [0.2, 0.25) is 21.8 Å². The normalized spacial score (nSPS) is 11.4. The van der Waals surface area contributed by atoms with E-state index in [0.717, 1.165) is 0 Å². The average molecular weight is 346 g/mol.